The standard InChI is InChI=1S/C15H23FN2O/c1-19-15-7-6-12(10-13(15)16)14(11-17)18-8-4-2-3-5-9-18/h6-7,10,14H,2-5,8-9,11,17H2,1H3. The summed E-state index contributed by atoms with van der Waals surface area (Å²) < 4.78 is 18.8. The van der Waals surface area contributed by atoms with E-state index in [-0.39, 0.29) is 17.6 Å². The number of likely N-dealkylation sites (tertiary alicyclic amines) is 1. The molecule has 2 rings (SSSR count). The fourth-order valence-corrected chi connectivity index (χ4v) is 2.79. The highest BCUT2D eigenvalue weighted by molar-refractivity contribution is 5.31. The average Bonchev–Trinajstić information content (AvgIpc) is 2.69. The van der Waals surface area contributed by atoms with Gasteiger partial charge in [0, 0.05) is 12.6 Å². The van der Waals surface area contributed by atoms with E-state index in [1.54, 1.807) is 12.1 Å². The lowest BCUT2D eigenvalue weighted by Gasteiger charge is -2.30. The molecule has 19 heavy (non-hydrogen) atoms. The van der Waals surface area contributed by atoms with E-state index in [0.29, 0.717) is 6.54 Å². The summed E-state index contributed by atoms with van der Waals surface area (Å²) in [7, 11) is 1.48. The van der Waals surface area contributed by atoms with Crippen LogP contribution < -0.4 is 10.5 Å². The SMILES string of the molecule is COc1ccc(C(CN)N2CCCCCC2)cc1F. The molecule has 1 aromatic rings. The smallest absolute Gasteiger partial charge is 0.165 e. The number of hydrogen-bond donors (Lipinski definition) is 1. The zero-order chi connectivity index (χ0) is 13.7. The van der Waals surface area contributed by atoms with Gasteiger partial charge in [0.25, 0.3) is 0 Å². The van der Waals surface area contributed by atoms with Gasteiger partial charge in [-0.25, -0.2) is 4.39 Å². The van der Waals surface area contributed by atoms with Crippen LogP contribution in [0.15, 0.2) is 18.2 Å². The molecule has 1 aromatic carbocycles. The van der Waals surface area contributed by atoms with Crippen molar-refractivity contribution in [3.8, 4) is 5.75 Å². The Morgan fingerprint density at radius 3 is 2.47 bits per heavy atom. The number of halogens is 1. The first-order valence-corrected chi connectivity index (χ1v) is 7.04. The first kappa shape index (κ1) is 14.3. The minimum absolute atomic E-state index is 0.110. The minimum Gasteiger partial charge on any atom is -0.494 e. The van der Waals surface area contributed by atoms with Crippen molar-refractivity contribution >= 4 is 0 Å². The van der Waals surface area contributed by atoms with E-state index in [1.807, 2.05) is 6.07 Å². The van der Waals surface area contributed by atoms with Gasteiger partial charge in [0.05, 0.1) is 7.11 Å². The molecule has 2 N–H and O–H groups in total. The molecular weight excluding hydrogens is 243 g/mol. The average molecular weight is 266 g/mol. The number of ether oxygens (including phenoxy) is 1. The summed E-state index contributed by atoms with van der Waals surface area (Å²) in [6.07, 6.45) is 4.97. The van der Waals surface area contributed by atoms with E-state index in [9.17, 15) is 4.39 Å². The maximum absolute atomic E-state index is 13.8. The molecule has 0 bridgehead atoms. The van der Waals surface area contributed by atoms with Crippen LogP contribution in [0.5, 0.6) is 5.75 Å². The monoisotopic (exact) mass is 266 g/mol. The maximum Gasteiger partial charge on any atom is 0.165 e. The van der Waals surface area contributed by atoms with E-state index < -0.39 is 0 Å². The van der Waals surface area contributed by atoms with Crippen LogP contribution in [-0.4, -0.2) is 31.6 Å². The van der Waals surface area contributed by atoms with Crippen LogP contribution in [0, 0.1) is 5.82 Å². The minimum atomic E-state index is -0.312. The normalized spacial score (nSPS) is 18.9. The van der Waals surface area contributed by atoms with Crippen molar-refractivity contribution in [2.24, 2.45) is 5.73 Å². The van der Waals surface area contributed by atoms with Crippen molar-refractivity contribution in [2.75, 3.05) is 26.7 Å². The van der Waals surface area contributed by atoms with Crippen LogP contribution in [0.25, 0.3) is 0 Å². The molecule has 1 heterocycles. The Labute approximate surface area is 114 Å². The highest BCUT2D eigenvalue weighted by atomic mass is 19.1. The molecule has 4 heteroatoms. The second kappa shape index (κ2) is 6.87. The Morgan fingerprint density at radius 1 is 1.26 bits per heavy atom. The van der Waals surface area contributed by atoms with E-state index in [4.69, 9.17) is 10.5 Å². The Balaban J connectivity index is 2.18. The Morgan fingerprint density at radius 2 is 1.95 bits per heavy atom. The van der Waals surface area contributed by atoms with Gasteiger partial charge in [-0.3, -0.25) is 4.90 Å². The van der Waals surface area contributed by atoms with Crippen molar-refractivity contribution in [1.29, 1.82) is 0 Å². The van der Waals surface area contributed by atoms with Gasteiger partial charge in [-0.2, -0.15) is 0 Å². The van der Waals surface area contributed by atoms with Gasteiger partial charge in [-0.15, -0.1) is 0 Å². The third kappa shape index (κ3) is 3.45. The largest absolute Gasteiger partial charge is 0.494 e. The number of nitrogens with two attached hydrogens (primary N) is 1. The molecule has 0 amide bonds. The molecule has 0 radical (unpaired) electrons. The van der Waals surface area contributed by atoms with Gasteiger partial charge in [0.1, 0.15) is 0 Å². The maximum atomic E-state index is 13.8. The second-order valence-electron chi connectivity index (χ2n) is 5.10. The summed E-state index contributed by atoms with van der Waals surface area (Å²) in [6, 6.07) is 5.27. The lowest BCUT2D eigenvalue weighted by atomic mass is 10.0. The molecule has 0 spiro atoms. The van der Waals surface area contributed by atoms with Crippen LogP contribution in [0.4, 0.5) is 4.39 Å². The number of hydrogen-bond acceptors (Lipinski definition) is 3. The first-order chi connectivity index (χ1) is 9.26. The zero-order valence-electron chi connectivity index (χ0n) is 11.6. The van der Waals surface area contributed by atoms with Crippen molar-refractivity contribution in [2.45, 2.75) is 31.7 Å². The second-order valence-corrected chi connectivity index (χ2v) is 5.10. The molecule has 1 unspecified atom stereocenters. The number of rotatable bonds is 4. The molecule has 106 valence electrons. The Bertz CT molecular complexity index is 403. The Kier molecular flexibility index (Phi) is 5.16. The van der Waals surface area contributed by atoms with Crippen LogP contribution in [0.3, 0.4) is 0 Å². The van der Waals surface area contributed by atoms with Gasteiger partial charge in [-0.1, -0.05) is 18.9 Å². The van der Waals surface area contributed by atoms with Gasteiger partial charge in [-0.05, 0) is 43.6 Å². The molecule has 1 aliphatic heterocycles. The molecule has 0 aliphatic carbocycles. The summed E-state index contributed by atoms with van der Waals surface area (Å²) in [4.78, 5) is 2.38. The lowest BCUT2D eigenvalue weighted by Crippen LogP contribution is -2.34. The molecule has 1 aliphatic rings. The number of benzene rings is 1. The van der Waals surface area contributed by atoms with Crippen molar-refractivity contribution in [3.63, 3.8) is 0 Å². The first-order valence-electron chi connectivity index (χ1n) is 7.04. The van der Waals surface area contributed by atoms with Crippen LogP contribution in [0.1, 0.15) is 37.3 Å². The fraction of sp³-hybridized carbons (Fsp3) is 0.600. The molecular formula is C15H23FN2O. The third-order valence-electron chi connectivity index (χ3n) is 3.87. The number of nitrogens with zero attached hydrogens (tertiary/aromatic N) is 1. The summed E-state index contributed by atoms with van der Waals surface area (Å²) in [5, 5.41) is 0. The summed E-state index contributed by atoms with van der Waals surface area (Å²) >= 11 is 0. The summed E-state index contributed by atoms with van der Waals surface area (Å²) in [5.74, 6) is -0.0244. The van der Waals surface area contributed by atoms with Gasteiger partial charge in [0.15, 0.2) is 11.6 Å². The van der Waals surface area contributed by atoms with E-state index in [0.717, 1.165) is 18.7 Å². The van der Waals surface area contributed by atoms with Crippen molar-refractivity contribution in [1.82, 2.24) is 4.90 Å². The van der Waals surface area contributed by atoms with Crippen molar-refractivity contribution < 1.29 is 9.13 Å². The predicted molar refractivity (Wildman–Crippen MR) is 74.8 cm³/mol. The highest BCUT2D eigenvalue weighted by Gasteiger charge is 2.21. The van der Waals surface area contributed by atoms with E-state index >= 15 is 0 Å². The van der Waals surface area contributed by atoms with Gasteiger partial charge in [0.2, 0.25) is 0 Å². The predicted octanol–water partition coefficient (Wildman–Crippen LogP) is 2.71. The molecule has 3 nitrogen and oxygen atoms in total. The van der Waals surface area contributed by atoms with Crippen LogP contribution in [0.2, 0.25) is 0 Å². The lowest BCUT2D eigenvalue weighted by molar-refractivity contribution is 0.209. The summed E-state index contributed by atoms with van der Waals surface area (Å²) in [5.41, 5.74) is 6.86. The Hall–Kier alpha value is -1.13. The molecule has 1 fully saturated rings. The molecule has 0 saturated carbocycles. The highest BCUT2D eigenvalue weighted by Crippen LogP contribution is 2.27. The zero-order valence-corrected chi connectivity index (χ0v) is 11.6. The van der Waals surface area contributed by atoms with Crippen LogP contribution in [-0.2, 0) is 0 Å². The molecule has 1 atom stereocenters. The topological polar surface area (TPSA) is 38.5 Å². The summed E-state index contributed by atoms with van der Waals surface area (Å²) in [6.45, 7) is 2.62. The van der Waals surface area contributed by atoms with E-state index in [2.05, 4.69) is 4.90 Å². The number of methoxy groups -OCH3 is 1. The van der Waals surface area contributed by atoms with E-state index in [1.165, 1.54) is 32.8 Å². The fourth-order valence-electron chi connectivity index (χ4n) is 2.79. The van der Waals surface area contributed by atoms with Crippen LogP contribution >= 0.6 is 0 Å². The van der Waals surface area contributed by atoms with Gasteiger partial charge >= 0.3 is 0 Å². The molecule has 0 aromatic heterocycles. The van der Waals surface area contributed by atoms with Gasteiger partial charge < -0.3 is 10.5 Å². The molecule has 1 saturated heterocycles. The van der Waals surface area contributed by atoms with Crippen molar-refractivity contribution in [3.05, 3.63) is 29.6 Å². The third-order valence-corrected chi connectivity index (χ3v) is 3.87. The quantitative estimate of drug-likeness (QED) is 0.910.